The highest BCUT2D eigenvalue weighted by Crippen LogP contribution is 2.36. The van der Waals surface area contributed by atoms with E-state index in [1.165, 1.54) is 38.5 Å². The van der Waals surface area contributed by atoms with Gasteiger partial charge in [0.15, 0.2) is 11.5 Å². The minimum Gasteiger partial charge on any atom is -0.493 e. The maximum atomic E-state index is 5.48. The van der Waals surface area contributed by atoms with E-state index in [1.807, 2.05) is 6.07 Å². The zero-order valence-corrected chi connectivity index (χ0v) is 16.2. The third-order valence-electron chi connectivity index (χ3n) is 5.84. The molecule has 2 N–H and O–H groups in total. The van der Waals surface area contributed by atoms with Crippen LogP contribution in [0.5, 0.6) is 11.5 Å². The lowest BCUT2D eigenvalue weighted by atomic mass is 9.94. The van der Waals surface area contributed by atoms with E-state index in [2.05, 4.69) is 58.8 Å². The topological polar surface area (TPSA) is 46.3 Å². The Morgan fingerprint density at radius 1 is 0.929 bits per heavy atom. The van der Waals surface area contributed by atoms with Crippen LogP contribution in [0, 0.1) is 0 Å². The third kappa shape index (κ3) is 2.72. The number of nitrogens with one attached hydrogen (secondary N) is 2. The summed E-state index contributed by atoms with van der Waals surface area (Å²) >= 11 is 0. The average molecular weight is 372 g/mol. The number of H-pyrrole nitrogens is 1. The number of ether oxygens (including phenoxy) is 2. The SMILES string of the molecule is COc1ccc(CC2NCCc3c2[nH]c2c3ccc3ccccc32)cc1OC. The van der Waals surface area contributed by atoms with Gasteiger partial charge in [-0.15, -0.1) is 0 Å². The van der Waals surface area contributed by atoms with E-state index >= 15 is 0 Å². The molecule has 0 amide bonds. The van der Waals surface area contributed by atoms with Gasteiger partial charge in [-0.1, -0.05) is 42.5 Å². The standard InChI is InChI=1S/C24H24N2O2/c1-27-21-10-7-15(14-22(21)28-2)13-20-24-19(11-12-25-20)18-9-8-16-5-3-4-6-17(16)23(18)26-24/h3-10,14,20,25-26H,11-13H2,1-2H3. The van der Waals surface area contributed by atoms with Crippen molar-refractivity contribution in [1.29, 1.82) is 0 Å². The van der Waals surface area contributed by atoms with Crippen LogP contribution in [-0.4, -0.2) is 25.7 Å². The van der Waals surface area contributed by atoms with Crippen molar-refractivity contribution < 1.29 is 9.47 Å². The van der Waals surface area contributed by atoms with Gasteiger partial charge in [-0.2, -0.15) is 0 Å². The monoisotopic (exact) mass is 372 g/mol. The Kier molecular flexibility index (Phi) is 4.21. The molecular formula is C24H24N2O2. The van der Waals surface area contributed by atoms with Gasteiger partial charge >= 0.3 is 0 Å². The summed E-state index contributed by atoms with van der Waals surface area (Å²) in [5, 5.41) is 7.62. The lowest BCUT2D eigenvalue weighted by Gasteiger charge is -2.25. The van der Waals surface area contributed by atoms with Gasteiger partial charge < -0.3 is 19.8 Å². The first-order valence-electron chi connectivity index (χ1n) is 9.75. The van der Waals surface area contributed by atoms with Crippen molar-refractivity contribution in [1.82, 2.24) is 10.3 Å². The lowest BCUT2D eigenvalue weighted by molar-refractivity contribution is 0.354. The van der Waals surface area contributed by atoms with E-state index in [9.17, 15) is 0 Å². The van der Waals surface area contributed by atoms with Gasteiger partial charge in [0.1, 0.15) is 0 Å². The van der Waals surface area contributed by atoms with Gasteiger partial charge in [-0.3, -0.25) is 0 Å². The zero-order valence-electron chi connectivity index (χ0n) is 16.2. The highest BCUT2D eigenvalue weighted by Gasteiger charge is 2.25. The van der Waals surface area contributed by atoms with E-state index < -0.39 is 0 Å². The maximum absolute atomic E-state index is 5.48. The number of hydrogen-bond donors (Lipinski definition) is 2. The van der Waals surface area contributed by atoms with Crippen molar-refractivity contribution in [2.45, 2.75) is 18.9 Å². The van der Waals surface area contributed by atoms with Crippen molar-refractivity contribution in [3.63, 3.8) is 0 Å². The molecule has 0 aliphatic carbocycles. The fourth-order valence-corrected chi connectivity index (χ4v) is 4.47. The highest BCUT2D eigenvalue weighted by molar-refractivity contribution is 6.07. The second-order valence-electron chi connectivity index (χ2n) is 7.38. The summed E-state index contributed by atoms with van der Waals surface area (Å²) in [7, 11) is 3.35. The second-order valence-corrected chi connectivity index (χ2v) is 7.38. The van der Waals surface area contributed by atoms with E-state index in [0.29, 0.717) is 0 Å². The molecule has 5 rings (SSSR count). The highest BCUT2D eigenvalue weighted by atomic mass is 16.5. The Hall–Kier alpha value is -2.98. The van der Waals surface area contributed by atoms with Gasteiger partial charge in [0.05, 0.1) is 25.8 Å². The number of aromatic nitrogens is 1. The molecule has 1 aromatic heterocycles. The molecule has 0 saturated carbocycles. The molecule has 4 nitrogen and oxygen atoms in total. The molecule has 4 aromatic rings. The molecular weight excluding hydrogens is 348 g/mol. The number of hydrogen-bond acceptors (Lipinski definition) is 3. The minimum atomic E-state index is 0.257. The number of fused-ring (bicyclic) bond motifs is 5. The first-order valence-corrected chi connectivity index (χ1v) is 9.75. The number of methoxy groups -OCH3 is 2. The van der Waals surface area contributed by atoms with Crippen LogP contribution in [0.1, 0.15) is 22.9 Å². The summed E-state index contributed by atoms with van der Waals surface area (Å²) in [5.74, 6) is 1.54. The first-order chi connectivity index (χ1) is 13.8. The molecule has 1 atom stereocenters. The zero-order chi connectivity index (χ0) is 19.1. The van der Waals surface area contributed by atoms with E-state index in [0.717, 1.165) is 30.9 Å². The van der Waals surface area contributed by atoms with Gasteiger partial charge in [0, 0.05) is 16.5 Å². The molecule has 0 bridgehead atoms. The predicted octanol–water partition coefficient (Wildman–Crippen LogP) is 4.77. The van der Waals surface area contributed by atoms with Crippen molar-refractivity contribution in [2.75, 3.05) is 20.8 Å². The fourth-order valence-electron chi connectivity index (χ4n) is 4.47. The van der Waals surface area contributed by atoms with Crippen LogP contribution in [-0.2, 0) is 12.8 Å². The Morgan fingerprint density at radius 2 is 1.79 bits per heavy atom. The lowest BCUT2D eigenvalue weighted by Crippen LogP contribution is -2.31. The first kappa shape index (κ1) is 17.1. The summed E-state index contributed by atoms with van der Waals surface area (Å²) in [6.07, 6.45) is 1.95. The third-order valence-corrected chi connectivity index (χ3v) is 5.84. The van der Waals surface area contributed by atoms with Crippen LogP contribution in [0.2, 0.25) is 0 Å². The van der Waals surface area contributed by atoms with E-state index in [-0.39, 0.29) is 6.04 Å². The van der Waals surface area contributed by atoms with Crippen molar-refractivity contribution >= 4 is 21.7 Å². The average Bonchev–Trinajstić information content (AvgIpc) is 3.14. The Labute approximate surface area is 164 Å². The van der Waals surface area contributed by atoms with Gasteiger partial charge in [-0.05, 0) is 48.0 Å². The molecule has 1 aliphatic rings. The number of aromatic amines is 1. The summed E-state index contributed by atoms with van der Waals surface area (Å²) in [6.45, 7) is 0.991. The van der Waals surface area contributed by atoms with Crippen LogP contribution < -0.4 is 14.8 Å². The molecule has 142 valence electrons. The Morgan fingerprint density at radius 3 is 2.64 bits per heavy atom. The van der Waals surface area contributed by atoms with Gasteiger partial charge in [-0.25, -0.2) is 0 Å². The molecule has 28 heavy (non-hydrogen) atoms. The molecule has 2 heterocycles. The minimum absolute atomic E-state index is 0.257. The molecule has 0 saturated heterocycles. The van der Waals surface area contributed by atoms with Crippen molar-refractivity contribution in [3.8, 4) is 11.5 Å². The van der Waals surface area contributed by atoms with E-state index in [1.54, 1.807) is 14.2 Å². The van der Waals surface area contributed by atoms with Crippen LogP contribution in [0.25, 0.3) is 21.7 Å². The molecule has 0 radical (unpaired) electrons. The number of benzene rings is 3. The van der Waals surface area contributed by atoms with Crippen LogP contribution in [0.4, 0.5) is 0 Å². The van der Waals surface area contributed by atoms with Crippen LogP contribution in [0.3, 0.4) is 0 Å². The van der Waals surface area contributed by atoms with Crippen molar-refractivity contribution in [2.24, 2.45) is 0 Å². The number of rotatable bonds is 4. The smallest absolute Gasteiger partial charge is 0.160 e. The fraction of sp³-hybridized carbons (Fsp3) is 0.250. The maximum Gasteiger partial charge on any atom is 0.160 e. The molecule has 1 aliphatic heterocycles. The van der Waals surface area contributed by atoms with Gasteiger partial charge in [0.25, 0.3) is 0 Å². The molecule has 3 aromatic carbocycles. The Balaban J connectivity index is 1.56. The normalized spacial score (nSPS) is 16.3. The van der Waals surface area contributed by atoms with E-state index in [4.69, 9.17) is 9.47 Å². The van der Waals surface area contributed by atoms with Crippen LogP contribution >= 0.6 is 0 Å². The van der Waals surface area contributed by atoms with Crippen molar-refractivity contribution in [3.05, 3.63) is 71.4 Å². The molecule has 1 unspecified atom stereocenters. The quantitative estimate of drug-likeness (QED) is 0.542. The van der Waals surface area contributed by atoms with Crippen LogP contribution in [0.15, 0.2) is 54.6 Å². The summed E-state index contributed by atoms with van der Waals surface area (Å²) in [6, 6.07) is 19.5. The molecule has 0 fully saturated rings. The van der Waals surface area contributed by atoms with Gasteiger partial charge in [0.2, 0.25) is 0 Å². The molecule has 4 heteroatoms. The summed E-state index contributed by atoms with van der Waals surface area (Å²) in [4.78, 5) is 3.76. The summed E-state index contributed by atoms with van der Waals surface area (Å²) in [5.41, 5.74) is 5.24. The predicted molar refractivity (Wildman–Crippen MR) is 114 cm³/mol. The largest absolute Gasteiger partial charge is 0.493 e. The second kappa shape index (κ2) is 6.88. The Bertz CT molecular complexity index is 1160. The summed E-state index contributed by atoms with van der Waals surface area (Å²) < 4.78 is 10.8. The molecule has 0 spiro atoms.